The van der Waals surface area contributed by atoms with Gasteiger partial charge in [0.25, 0.3) is 5.91 Å². The summed E-state index contributed by atoms with van der Waals surface area (Å²) in [4.78, 5) is 25.6. The van der Waals surface area contributed by atoms with Crippen molar-refractivity contribution < 1.29 is 9.18 Å². The minimum Gasteiger partial charge on any atom is -0.346 e. The van der Waals surface area contributed by atoms with Crippen LogP contribution in [0.2, 0.25) is 0 Å². The van der Waals surface area contributed by atoms with Crippen molar-refractivity contribution in [3.8, 4) is 0 Å². The Morgan fingerprint density at radius 1 is 1.30 bits per heavy atom. The topological polar surface area (TPSA) is 62.0 Å². The van der Waals surface area contributed by atoms with Gasteiger partial charge >= 0.3 is 0 Å². The smallest absolute Gasteiger partial charge is 0.252 e. The second-order valence-electron chi connectivity index (χ2n) is 4.65. The molecule has 0 saturated carbocycles. The molecule has 4 nitrogen and oxygen atoms in total. The minimum absolute atomic E-state index is 0.271. The maximum Gasteiger partial charge on any atom is 0.252 e. The van der Waals surface area contributed by atoms with E-state index in [1.165, 1.54) is 24.4 Å². The summed E-state index contributed by atoms with van der Waals surface area (Å²) in [5, 5.41) is 2.73. The highest BCUT2D eigenvalue weighted by atomic mass is 19.1. The van der Waals surface area contributed by atoms with Gasteiger partial charge in [0.2, 0.25) is 5.56 Å². The third kappa shape index (κ3) is 3.12. The van der Waals surface area contributed by atoms with Crippen molar-refractivity contribution >= 4 is 5.91 Å². The van der Waals surface area contributed by atoms with Gasteiger partial charge in [-0.15, -0.1) is 0 Å². The van der Waals surface area contributed by atoms with Crippen LogP contribution in [0, 0.1) is 12.7 Å². The van der Waals surface area contributed by atoms with Gasteiger partial charge < -0.3 is 10.3 Å². The maximum absolute atomic E-state index is 13.5. The molecule has 2 N–H and O–H groups in total. The van der Waals surface area contributed by atoms with Crippen LogP contribution in [0.15, 0.2) is 41.3 Å². The highest BCUT2D eigenvalue weighted by molar-refractivity contribution is 5.94. The summed E-state index contributed by atoms with van der Waals surface area (Å²) >= 11 is 0. The van der Waals surface area contributed by atoms with E-state index in [9.17, 15) is 14.0 Å². The molecule has 0 radical (unpaired) electrons. The van der Waals surface area contributed by atoms with Crippen LogP contribution in [0.25, 0.3) is 0 Å². The molecule has 1 aromatic heterocycles. The molecular formula is C15H15FN2O2. The Labute approximate surface area is 115 Å². The molecule has 2 aromatic rings. The number of pyridine rings is 1. The van der Waals surface area contributed by atoms with Crippen molar-refractivity contribution in [2.75, 3.05) is 0 Å². The lowest BCUT2D eigenvalue weighted by molar-refractivity contribution is 0.0939. The van der Waals surface area contributed by atoms with E-state index in [1.807, 2.05) is 0 Å². The quantitative estimate of drug-likeness (QED) is 0.902. The van der Waals surface area contributed by atoms with Crippen LogP contribution in [-0.2, 0) is 0 Å². The number of halogens is 1. The number of hydrogen-bond acceptors (Lipinski definition) is 2. The van der Waals surface area contributed by atoms with Gasteiger partial charge in [0.1, 0.15) is 5.82 Å². The number of aryl methyl sites for hydroxylation is 1. The molecule has 1 unspecified atom stereocenters. The molecule has 0 saturated heterocycles. The zero-order chi connectivity index (χ0) is 14.7. The van der Waals surface area contributed by atoms with Crippen molar-refractivity contribution in [2.24, 2.45) is 0 Å². The zero-order valence-electron chi connectivity index (χ0n) is 11.2. The van der Waals surface area contributed by atoms with Gasteiger partial charge in [-0.2, -0.15) is 0 Å². The average Bonchev–Trinajstić information content (AvgIpc) is 2.41. The number of aromatic amines is 1. The van der Waals surface area contributed by atoms with E-state index in [2.05, 4.69) is 10.3 Å². The third-order valence-corrected chi connectivity index (χ3v) is 3.08. The lowest BCUT2D eigenvalue weighted by atomic mass is 10.1. The number of carbonyl (C=O) groups is 1. The summed E-state index contributed by atoms with van der Waals surface area (Å²) in [6.45, 7) is 3.44. The van der Waals surface area contributed by atoms with E-state index in [0.717, 1.165) is 0 Å². The van der Waals surface area contributed by atoms with Crippen LogP contribution >= 0.6 is 0 Å². The molecule has 2 rings (SSSR count). The summed E-state index contributed by atoms with van der Waals surface area (Å²) < 4.78 is 13.5. The molecule has 104 valence electrons. The van der Waals surface area contributed by atoms with E-state index in [0.29, 0.717) is 11.1 Å². The molecule has 0 aliphatic heterocycles. The van der Waals surface area contributed by atoms with E-state index >= 15 is 0 Å². The fourth-order valence-corrected chi connectivity index (χ4v) is 1.83. The van der Waals surface area contributed by atoms with Gasteiger partial charge in [0, 0.05) is 17.8 Å². The van der Waals surface area contributed by atoms with Crippen molar-refractivity contribution in [1.29, 1.82) is 0 Å². The number of rotatable bonds is 3. The average molecular weight is 274 g/mol. The number of amides is 1. The van der Waals surface area contributed by atoms with Crippen molar-refractivity contribution in [3.05, 3.63) is 69.4 Å². The lowest BCUT2D eigenvalue weighted by Gasteiger charge is -2.15. The molecular weight excluding hydrogens is 259 g/mol. The Hall–Kier alpha value is -2.43. The van der Waals surface area contributed by atoms with E-state index < -0.39 is 0 Å². The van der Waals surface area contributed by atoms with E-state index in [4.69, 9.17) is 0 Å². The SMILES string of the molecule is Cc1ccc(C(C)NC(=O)c2cc[nH]c(=O)c2)cc1F. The second kappa shape index (κ2) is 5.69. The number of hydrogen-bond donors (Lipinski definition) is 2. The molecule has 0 aliphatic rings. The molecule has 1 heterocycles. The largest absolute Gasteiger partial charge is 0.346 e. The lowest BCUT2D eigenvalue weighted by Crippen LogP contribution is -2.27. The predicted molar refractivity (Wildman–Crippen MR) is 74.1 cm³/mol. The second-order valence-corrected chi connectivity index (χ2v) is 4.65. The summed E-state index contributed by atoms with van der Waals surface area (Å²) in [7, 11) is 0. The number of aromatic nitrogens is 1. The van der Waals surface area contributed by atoms with Crippen LogP contribution in [0.3, 0.4) is 0 Å². The first kappa shape index (κ1) is 14.0. The predicted octanol–water partition coefficient (Wildman–Crippen LogP) is 2.31. The Morgan fingerprint density at radius 3 is 2.70 bits per heavy atom. The highest BCUT2D eigenvalue weighted by Crippen LogP contribution is 2.16. The van der Waals surface area contributed by atoms with Crippen LogP contribution < -0.4 is 10.9 Å². The Bertz CT molecular complexity index is 694. The Morgan fingerprint density at radius 2 is 2.05 bits per heavy atom. The van der Waals surface area contributed by atoms with E-state index in [-0.39, 0.29) is 28.9 Å². The van der Waals surface area contributed by atoms with Crippen LogP contribution in [-0.4, -0.2) is 10.9 Å². The van der Waals surface area contributed by atoms with Crippen molar-refractivity contribution in [3.63, 3.8) is 0 Å². The monoisotopic (exact) mass is 274 g/mol. The molecule has 0 aliphatic carbocycles. The molecule has 1 aromatic carbocycles. The zero-order valence-corrected chi connectivity index (χ0v) is 11.2. The van der Waals surface area contributed by atoms with E-state index in [1.54, 1.807) is 26.0 Å². The number of nitrogens with one attached hydrogen (secondary N) is 2. The normalized spacial score (nSPS) is 11.9. The first-order valence-electron chi connectivity index (χ1n) is 6.23. The van der Waals surface area contributed by atoms with Crippen LogP contribution in [0.5, 0.6) is 0 Å². The Kier molecular flexibility index (Phi) is 3.98. The molecule has 5 heteroatoms. The summed E-state index contributed by atoms with van der Waals surface area (Å²) in [5.74, 6) is -0.677. The molecule has 1 atom stereocenters. The minimum atomic E-state index is -0.371. The highest BCUT2D eigenvalue weighted by Gasteiger charge is 2.12. The maximum atomic E-state index is 13.5. The van der Waals surface area contributed by atoms with Crippen LogP contribution in [0.1, 0.15) is 34.5 Å². The summed E-state index contributed by atoms with van der Waals surface area (Å²) in [6, 6.07) is 7.22. The van der Waals surface area contributed by atoms with Gasteiger partial charge in [-0.25, -0.2) is 4.39 Å². The van der Waals surface area contributed by atoms with Gasteiger partial charge in [0.15, 0.2) is 0 Å². The summed E-state index contributed by atoms with van der Waals surface area (Å²) in [5.41, 5.74) is 1.16. The van der Waals surface area contributed by atoms with Crippen molar-refractivity contribution in [1.82, 2.24) is 10.3 Å². The third-order valence-electron chi connectivity index (χ3n) is 3.08. The van der Waals surface area contributed by atoms with Gasteiger partial charge in [-0.05, 0) is 37.1 Å². The first-order chi connectivity index (χ1) is 9.47. The van der Waals surface area contributed by atoms with Gasteiger partial charge in [-0.3, -0.25) is 9.59 Å². The Balaban J connectivity index is 2.14. The van der Waals surface area contributed by atoms with Crippen molar-refractivity contribution in [2.45, 2.75) is 19.9 Å². The number of benzene rings is 1. The molecule has 0 fully saturated rings. The fourth-order valence-electron chi connectivity index (χ4n) is 1.83. The molecule has 0 bridgehead atoms. The summed E-state index contributed by atoms with van der Waals surface area (Å²) in [6.07, 6.45) is 1.41. The fraction of sp³-hybridized carbons (Fsp3) is 0.200. The molecule has 0 spiro atoms. The van der Waals surface area contributed by atoms with Gasteiger partial charge in [0.05, 0.1) is 6.04 Å². The molecule has 1 amide bonds. The van der Waals surface area contributed by atoms with Gasteiger partial charge in [-0.1, -0.05) is 12.1 Å². The molecule has 20 heavy (non-hydrogen) atoms. The standard InChI is InChI=1S/C15H15FN2O2/c1-9-3-4-11(7-13(9)16)10(2)18-15(20)12-5-6-17-14(19)8-12/h3-8,10H,1-2H3,(H,17,19)(H,18,20). The first-order valence-corrected chi connectivity index (χ1v) is 6.23. The number of H-pyrrole nitrogens is 1. The number of carbonyl (C=O) groups excluding carboxylic acids is 1. The van der Waals surface area contributed by atoms with Crippen LogP contribution in [0.4, 0.5) is 4.39 Å².